The van der Waals surface area contributed by atoms with Gasteiger partial charge in [-0.25, -0.2) is 0 Å². The van der Waals surface area contributed by atoms with Gasteiger partial charge >= 0.3 is 0 Å². The van der Waals surface area contributed by atoms with Crippen molar-refractivity contribution in [3.8, 4) is 0 Å². The van der Waals surface area contributed by atoms with Gasteiger partial charge in [0.15, 0.2) is 0 Å². The van der Waals surface area contributed by atoms with Gasteiger partial charge < -0.3 is 5.32 Å². The van der Waals surface area contributed by atoms with Crippen molar-refractivity contribution in [3.63, 3.8) is 0 Å². The maximum Gasteiger partial charge on any atom is 0.277 e. The molecule has 1 aliphatic rings. The Kier molecular flexibility index (Phi) is 3.96. The average molecular weight is 318 g/mol. The first-order valence-electron chi connectivity index (χ1n) is 5.86. The lowest BCUT2D eigenvalue weighted by Gasteiger charge is -2.19. The minimum absolute atomic E-state index is 0.0000809. The van der Waals surface area contributed by atoms with Crippen LogP contribution in [0, 0.1) is 0 Å². The van der Waals surface area contributed by atoms with Crippen LogP contribution in [0.4, 0.5) is 0 Å². The van der Waals surface area contributed by atoms with Gasteiger partial charge in [-0.3, -0.25) is 28.5 Å². The van der Waals surface area contributed by atoms with Crippen LogP contribution in [0.1, 0.15) is 29.9 Å². The molecule has 1 aliphatic heterocycles. The van der Waals surface area contributed by atoms with E-state index in [-0.39, 0.29) is 28.3 Å². The molecule has 0 aromatic carbocycles. The molecule has 0 spiro atoms. The summed E-state index contributed by atoms with van der Waals surface area (Å²) >= 11 is 6.46. The molecule has 0 saturated carbocycles. The summed E-state index contributed by atoms with van der Waals surface area (Å²) in [7, 11) is 0. The van der Waals surface area contributed by atoms with Gasteiger partial charge in [-0.1, -0.05) is 23.1 Å². The Hall–Kier alpha value is -1.67. The monoisotopic (exact) mass is 317 g/mol. The molecule has 0 aliphatic carbocycles. The molecule has 0 bridgehead atoms. The van der Waals surface area contributed by atoms with Crippen LogP contribution >= 0.6 is 23.1 Å². The number of hydrogen-bond acceptors (Lipinski definition) is 5. The second-order valence-electron chi connectivity index (χ2n) is 4.60. The number of amides is 3. The van der Waals surface area contributed by atoms with Gasteiger partial charge in [0.25, 0.3) is 17.4 Å². The maximum absolute atomic E-state index is 12.0. The number of H-pyrrole nitrogens is 1. The van der Waals surface area contributed by atoms with Gasteiger partial charge in [-0.2, -0.15) is 0 Å². The highest BCUT2D eigenvalue weighted by Crippen LogP contribution is 2.19. The third-order valence-electron chi connectivity index (χ3n) is 2.86. The van der Waals surface area contributed by atoms with Crippen molar-refractivity contribution in [1.82, 2.24) is 14.6 Å². The Balaban J connectivity index is 2.14. The van der Waals surface area contributed by atoms with Crippen molar-refractivity contribution in [2.24, 2.45) is 0 Å². The fourth-order valence-corrected chi connectivity index (χ4v) is 2.90. The van der Waals surface area contributed by atoms with Gasteiger partial charge in [0.1, 0.15) is 15.9 Å². The number of carbonyl (C=O) groups is 3. The molecule has 1 unspecified atom stereocenters. The highest BCUT2D eigenvalue weighted by atomic mass is 35.5. The lowest BCUT2D eigenvalue weighted by atomic mass is 10.2. The van der Waals surface area contributed by atoms with Gasteiger partial charge in [-0.15, -0.1) is 0 Å². The number of rotatable bonds is 3. The summed E-state index contributed by atoms with van der Waals surface area (Å²) in [6, 6.07) is -1.17. The molecule has 2 N–H and O–H groups in total. The SMILES string of the molecule is CC(C)N1C(=O)CC(NC(=O)c2s[nH]c(=O)c2Cl)C1=O. The molecule has 20 heavy (non-hydrogen) atoms. The van der Waals surface area contributed by atoms with Crippen LogP contribution in [0.5, 0.6) is 0 Å². The fourth-order valence-electron chi connectivity index (χ4n) is 1.97. The Labute approximate surface area is 123 Å². The predicted octanol–water partition coefficient (Wildman–Crippen LogP) is 0.356. The van der Waals surface area contributed by atoms with Crippen molar-refractivity contribution in [3.05, 3.63) is 20.3 Å². The minimum atomic E-state index is -0.911. The van der Waals surface area contributed by atoms with E-state index in [9.17, 15) is 19.2 Å². The van der Waals surface area contributed by atoms with Crippen molar-refractivity contribution >= 4 is 40.9 Å². The summed E-state index contributed by atoms with van der Waals surface area (Å²) in [5.74, 6) is -1.42. The lowest BCUT2D eigenvalue weighted by Crippen LogP contribution is -2.43. The number of halogens is 1. The van der Waals surface area contributed by atoms with Crippen molar-refractivity contribution < 1.29 is 14.4 Å². The van der Waals surface area contributed by atoms with E-state index in [4.69, 9.17) is 11.6 Å². The predicted molar refractivity (Wildman–Crippen MR) is 72.8 cm³/mol. The molecule has 1 fully saturated rings. The number of imide groups is 1. The molecule has 1 saturated heterocycles. The van der Waals surface area contributed by atoms with Gasteiger partial charge in [0, 0.05) is 6.04 Å². The Morgan fingerprint density at radius 1 is 1.45 bits per heavy atom. The highest BCUT2D eigenvalue weighted by Gasteiger charge is 2.41. The number of hydrogen-bond donors (Lipinski definition) is 2. The molecule has 1 aromatic rings. The summed E-state index contributed by atoms with van der Waals surface area (Å²) in [6.45, 7) is 3.43. The van der Waals surface area contributed by atoms with Gasteiger partial charge in [0.05, 0.1) is 6.42 Å². The first-order valence-corrected chi connectivity index (χ1v) is 7.06. The van der Waals surface area contributed by atoms with E-state index in [0.29, 0.717) is 0 Å². The smallest absolute Gasteiger partial charge is 0.277 e. The maximum atomic E-state index is 12.0. The van der Waals surface area contributed by atoms with Crippen LogP contribution in [0.15, 0.2) is 4.79 Å². The zero-order valence-corrected chi connectivity index (χ0v) is 12.3. The number of aromatic nitrogens is 1. The Bertz CT molecular complexity index is 636. The molecule has 2 rings (SSSR count). The third kappa shape index (κ3) is 2.48. The van der Waals surface area contributed by atoms with E-state index < -0.39 is 23.4 Å². The molecule has 3 amide bonds. The normalized spacial score (nSPS) is 19.0. The lowest BCUT2D eigenvalue weighted by molar-refractivity contribution is -0.140. The fraction of sp³-hybridized carbons (Fsp3) is 0.455. The van der Waals surface area contributed by atoms with Gasteiger partial charge in [0.2, 0.25) is 5.91 Å². The second kappa shape index (κ2) is 5.37. The largest absolute Gasteiger partial charge is 0.339 e. The van der Waals surface area contributed by atoms with E-state index in [1.807, 2.05) is 0 Å². The molecule has 9 heteroatoms. The molecule has 0 radical (unpaired) electrons. The third-order valence-corrected chi connectivity index (χ3v) is 4.21. The molecule has 2 heterocycles. The highest BCUT2D eigenvalue weighted by molar-refractivity contribution is 7.08. The first kappa shape index (κ1) is 14.7. The quantitative estimate of drug-likeness (QED) is 0.786. The molecule has 1 aromatic heterocycles. The van der Waals surface area contributed by atoms with E-state index >= 15 is 0 Å². The molecule has 108 valence electrons. The summed E-state index contributed by atoms with van der Waals surface area (Å²) in [5, 5.41) is 2.21. The average Bonchev–Trinajstić information content (AvgIpc) is 2.81. The van der Waals surface area contributed by atoms with Crippen LogP contribution in [0.25, 0.3) is 0 Å². The molecular formula is C11H12ClN3O4S. The molecule has 1 atom stereocenters. The zero-order valence-electron chi connectivity index (χ0n) is 10.7. The zero-order chi connectivity index (χ0) is 15.0. The van der Waals surface area contributed by atoms with Crippen molar-refractivity contribution in [2.45, 2.75) is 32.4 Å². The van der Waals surface area contributed by atoms with Crippen molar-refractivity contribution in [2.75, 3.05) is 0 Å². The van der Waals surface area contributed by atoms with Crippen molar-refractivity contribution in [1.29, 1.82) is 0 Å². The van der Waals surface area contributed by atoms with E-state index in [2.05, 4.69) is 9.69 Å². The van der Waals surface area contributed by atoms with Crippen LogP contribution in [-0.2, 0) is 9.59 Å². The van der Waals surface area contributed by atoms with E-state index in [1.165, 1.54) is 0 Å². The first-order chi connectivity index (χ1) is 9.32. The molecular weight excluding hydrogens is 306 g/mol. The standard InChI is InChI=1S/C11H12ClN3O4S/c1-4(2)15-6(16)3-5(11(15)19)13-10(18)8-7(12)9(17)14-20-8/h4-5H,3H2,1-2H3,(H,13,18)(H,14,17). The summed E-state index contributed by atoms with van der Waals surface area (Å²) in [6.07, 6.45) is -0.0836. The topological polar surface area (TPSA) is 99.3 Å². The molecule has 7 nitrogen and oxygen atoms in total. The number of aromatic amines is 1. The van der Waals surface area contributed by atoms with E-state index in [0.717, 1.165) is 16.4 Å². The Morgan fingerprint density at radius 3 is 2.55 bits per heavy atom. The van der Waals surface area contributed by atoms with Crippen LogP contribution in [0.2, 0.25) is 5.02 Å². The van der Waals surface area contributed by atoms with Crippen LogP contribution < -0.4 is 10.9 Å². The van der Waals surface area contributed by atoms with E-state index in [1.54, 1.807) is 13.8 Å². The van der Waals surface area contributed by atoms with Crippen LogP contribution in [-0.4, -0.2) is 39.1 Å². The minimum Gasteiger partial charge on any atom is -0.339 e. The Morgan fingerprint density at radius 2 is 2.10 bits per heavy atom. The summed E-state index contributed by atoms with van der Waals surface area (Å²) < 4.78 is 2.32. The number of carbonyl (C=O) groups excluding carboxylic acids is 3. The number of nitrogens with zero attached hydrogens (tertiary/aromatic N) is 1. The van der Waals surface area contributed by atoms with Crippen LogP contribution in [0.3, 0.4) is 0 Å². The number of likely N-dealkylation sites (tertiary alicyclic amines) is 1. The van der Waals surface area contributed by atoms with Gasteiger partial charge in [-0.05, 0) is 13.8 Å². The second-order valence-corrected chi connectivity index (χ2v) is 5.80. The number of nitrogens with one attached hydrogen (secondary N) is 2. The summed E-state index contributed by atoms with van der Waals surface area (Å²) in [5.41, 5.74) is -0.556. The summed E-state index contributed by atoms with van der Waals surface area (Å²) in [4.78, 5) is 47.9.